The van der Waals surface area contributed by atoms with E-state index in [4.69, 9.17) is 0 Å². The minimum Gasteiger partial charge on any atom is -0.431 e. The molecule has 3 aliphatic rings. The van der Waals surface area contributed by atoms with Crippen LogP contribution in [-0.2, 0) is 0 Å². The van der Waals surface area contributed by atoms with Gasteiger partial charge in [-0.05, 0) is 34.4 Å². The van der Waals surface area contributed by atoms with Crippen LogP contribution in [0.1, 0.15) is 97.8 Å². The Labute approximate surface area is 145 Å². The summed E-state index contributed by atoms with van der Waals surface area (Å²) in [4.78, 5) is 12.3. The van der Waals surface area contributed by atoms with Crippen LogP contribution in [0, 0.1) is 17.8 Å². The summed E-state index contributed by atoms with van der Waals surface area (Å²) in [5, 5.41) is 0. The highest BCUT2D eigenvalue weighted by molar-refractivity contribution is 6.77. The predicted molar refractivity (Wildman–Crippen MR) is 102 cm³/mol. The molecule has 0 heterocycles. The van der Waals surface area contributed by atoms with E-state index >= 15 is 0 Å². The Balaban J connectivity index is 1.77. The summed E-state index contributed by atoms with van der Waals surface area (Å²) in [6.45, 7) is 7.25. The molecule has 0 aromatic carbocycles. The highest BCUT2D eigenvalue weighted by Gasteiger charge is 2.53. The molecule has 0 aliphatic heterocycles. The number of rotatable bonds is 3. The molecule has 0 atom stereocenters. The third-order valence-electron chi connectivity index (χ3n) is 8.01. The van der Waals surface area contributed by atoms with E-state index in [9.17, 15) is 4.80 Å². The summed E-state index contributed by atoms with van der Waals surface area (Å²) in [6.07, 6.45) is 16.4. The van der Waals surface area contributed by atoms with Crippen LogP contribution in [0.25, 0.3) is 0 Å². The molecule has 3 rings (SSSR count). The van der Waals surface area contributed by atoms with E-state index in [1.807, 2.05) is 0 Å². The first-order valence-corrected chi connectivity index (χ1v) is 12.9. The molecule has 0 amide bonds. The molecule has 134 valence electrons. The molecule has 1 N–H and O–H groups in total. The molecule has 0 saturated heterocycles. The zero-order valence-electron chi connectivity index (χ0n) is 15.9. The van der Waals surface area contributed by atoms with Gasteiger partial charge in [-0.1, -0.05) is 97.8 Å². The lowest BCUT2D eigenvalue weighted by Gasteiger charge is -2.50. The Morgan fingerprint density at radius 2 is 0.696 bits per heavy atom. The quantitative estimate of drug-likeness (QED) is 0.571. The first-order valence-electron chi connectivity index (χ1n) is 10.7. The van der Waals surface area contributed by atoms with Gasteiger partial charge in [0.2, 0.25) is 0 Å². The van der Waals surface area contributed by atoms with Gasteiger partial charge in [0.25, 0.3) is 0 Å². The molecular weight excluding hydrogens is 296 g/mol. The van der Waals surface area contributed by atoms with Crippen molar-refractivity contribution in [2.75, 3.05) is 0 Å². The standard InChI is InChI=1S/C21H40OSi/c1-16-4-10-19(11-5-16)23(22,20-12-6-17(2)7-13-20)21-14-8-18(3)9-15-21/h16-22H,4-15H2,1-3H3. The van der Waals surface area contributed by atoms with Gasteiger partial charge in [0.15, 0.2) is 8.32 Å². The second-order valence-corrected chi connectivity index (χ2v) is 14.0. The fraction of sp³-hybridized carbons (Fsp3) is 1.00. The van der Waals surface area contributed by atoms with Crippen molar-refractivity contribution in [2.45, 2.75) is 114 Å². The Morgan fingerprint density at radius 1 is 0.478 bits per heavy atom. The van der Waals surface area contributed by atoms with E-state index in [1.54, 1.807) is 0 Å². The first-order chi connectivity index (χ1) is 11.0. The molecule has 1 nitrogen and oxygen atoms in total. The summed E-state index contributed by atoms with van der Waals surface area (Å²) in [5.74, 6) is 2.71. The average molecular weight is 337 g/mol. The molecule has 0 radical (unpaired) electrons. The molecule has 0 aromatic rings. The maximum Gasteiger partial charge on any atom is 0.197 e. The zero-order chi connectivity index (χ0) is 16.4. The van der Waals surface area contributed by atoms with Gasteiger partial charge in [0, 0.05) is 0 Å². The van der Waals surface area contributed by atoms with Crippen LogP contribution in [-0.4, -0.2) is 13.1 Å². The van der Waals surface area contributed by atoms with Crippen molar-refractivity contribution in [2.24, 2.45) is 17.8 Å². The fourth-order valence-corrected chi connectivity index (χ4v) is 11.9. The largest absolute Gasteiger partial charge is 0.431 e. The number of hydrogen-bond acceptors (Lipinski definition) is 1. The van der Waals surface area contributed by atoms with E-state index in [0.29, 0.717) is 0 Å². The lowest BCUT2D eigenvalue weighted by molar-refractivity contribution is 0.284. The third kappa shape index (κ3) is 3.89. The van der Waals surface area contributed by atoms with Crippen LogP contribution >= 0.6 is 0 Å². The van der Waals surface area contributed by atoms with Crippen LogP contribution < -0.4 is 0 Å². The van der Waals surface area contributed by atoms with Gasteiger partial charge in [-0.15, -0.1) is 0 Å². The van der Waals surface area contributed by atoms with E-state index in [-0.39, 0.29) is 0 Å². The predicted octanol–water partition coefficient (Wildman–Crippen LogP) is 6.67. The SMILES string of the molecule is CC1CCC([Si](O)(C2CCC(C)CC2)C2CCC(C)CC2)CC1. The number of hydrogen-bond donors (Lipinski definition) is 1. The molecule has 3 aliphatic carbocycles. The van der Waals surface area contributed by atoms with Crippen LogP contribution in [0.2, 0.25) is 16.6 Å². The van der Waals surface area contributed by atoms with Gasteiger partial charge < -0.3 is 4.80 Å². The van der Waals surface area contributed by atoms with Crippen molar-refractivity contribution in [1.82, 2.24) is 0 Å². The van der Waals surface area contributed by atoms with Gasteiger partial charge in [0.05, 0.1) is 0 Å². The highest BCUT2D eigenvalue weighted by atomic mass is 28.4. The third-order valence-corrected chi connectivity index (χ3v) is 13.7. The summed E-state index contributed by atoms with van der Waals surface area (Å²) in [5.41, 5.74) is 2.20. The fourth-order valence-electron chi connectivity index (χ4n) is 6.17. The smallest absolute Gasteiger partial charge is 0.197 e. The molecular formula is C21H40OSi. The lowest BCUT2D eigenvalue weighted by atomic mass is 9.89. The molecule has 3 saturated carbocycles. The van der Waals surface area contributed by atoms with Crippen LogP contribution in [0.5, 0.6) is 0 Å². The summed E-state index contributed by atoms with van der Waals surface area (Å²) < 4.78 is 0. The van der Waals surface area contributed by atoms with Crippen LogP contribution in [0.3, 0.4) is 0 Å². The van der Waals surface area contributed by atoms with Gasteiger partial charge in [0.1, 0.15) is 0 Å². The molecule has 23 heavy (non-hydrogen) atoms. The van der Waals surface area contributed by atoms with Gasteiger partial charge in [-0.25, -0.2) is 0 Å². The van der Waals surface area contributed by atoms with E-state index in [1.165, 1.54) is 77.0 Å². The van der Waals surface area contributed by atoms with Crippen molar-refractivity contribution in [1.29, 1.82) is 0 Å². The Hall–Kier alpha value is 0.177. The Kier molecular flexibility index (Phi) is 5.94. The average Bonchev–Trinajstić information content (AvgIpc) is 2.56. The lowest BCUT2D eigenvalue weighted by Crippen LogP contribution is -2.52. The summed E-state index contributed by atoms with van der Waals surface area (Å²) in [7, 11) is -2.14. The maximum atomic E-state index is 12.3. The molecule has 0 spiro atoms. The van der Waals surface area contributed by atoms with Gasteiger partial charge in [-0.2, -0.15) is 0 Å². The molecule has 0 bridgehead atoms. The van der Waals surface area contributed by atoms with Gasteiger partial charge >= 0.3 is 0 Å². The normalized spacial score (nSPS) is 45.4. The van der Waals surface area contributed by atoms with E-state index in [0.717, 1.165) is 34.4 Å². The Bertz CT molecular complexity index is 303. The van der Waals surface area contributed by atoms with E-state index < -0.39 is 8.32 Å². The highest BCUT2D eigenvalue weighted by Crippen LogP contribution is 2.56. The second kappa shape index (κ2) is 7.60. The van der Waals surface area contributed by atoms with Gasteiger partial charge in [-0.3, -0.25) is 0 Å². The molecule has 0 aromatic heterocycles. The monoisotopic (exact) mass is 336 g/mol. The first kappa shape index (κ1) is 18.0. The van der Waals surface area contributed by atoms with Crippen molar-refractivity contribution in [3.8, 4) is 0 Å². The topological polar surface area (TPSA) is 20.2 Å². The molecule has 3 fully saturated rings. The van der Waals surface area contributed by atoms with Crippen LogP contribution in [0.4, 0.5) is 0 Å². The van der Waals surface area contributed by atoms with Crippen molar-refractivity contribution < 1.29 is 4.80 Å². The van der Waals surface area contributed by atoms with E-state index in [2.05, 4.69) is 20.8 Å². The van der Waals surface area contributed by atoms with Crippen molar-refractivity contribution >= 4 is 8.32 Å². The Morgan fingerprint density at radius 3 is 0.913 bits per heavy atom. The molecule has 2 heteroatoms. The maximum absolute atomic E-state index is 12.3. The zero-order valence-corrected chi connectivity index (χ0v) is 16.9. The minimum atomic E-state index is -2.14. The minimum absolute atomic E-state index is 0.732. The summed E-state index contributed by atoms with van der Waals surface area (Å²) >= 11 is 0. The van der Waals surface area contributed by atoms with Crippen LogP contribution in [0.15, 0.2) is 0 Å². The second-order valence-electron chi connectivity index (χ2n) is 9.76. The molecule has 0 unspecified atom stereocenters. The van der Waals surface area contributed by atoms with Crippen molar-refractivity contribution in [3.05, 3.63) is 0 Å². The van der Waals surface area contributed by atoms with Crippen molar-refractivity contribution in [3.63, 3.8) is 0 Å². The summed E-state index contributed by atoms with van der Waals surface area (Å²) in [6, 6.07) is 0.